The summed E-state index contributed by atoms with van der Waals surface area (Å²) in [5.41, 5.74) is 1.44. The summed E-state index contributed by atoms with van der Waals surface area (Å²) >= 11 is 0. The molecule has 2 atom stereocenters. The molecule has 1 N–H and O–H groups in total. The first-order valence-electron chi connectivity index (χ1n) is 8.61. The molecule has 2 saturated heterocycles. The van der Waals surface area contributed by atoms with Crippen molar-refractivity contribution in [2.45, 2.75) is 38.3 Å². The van der Waals surface area contributed by atoms with Crippen LogP contribution in [0.5, 0.6) is 0 Å². The topological polar surface area (TPSA) is 18.5 Å². The zero-order valence-electron chi connectivity index (χ0n) is 13.3. The monoisotopic (exact) mass is 287 g/mol. The summed E-state index contributed by atoms with van der Waals surface area (Å²) in [6, 6.07) is 12.2. The number of rotatable bonds is 3. The number of hydrogen-bond acceptors (Lipinski definition) is 3. The normalized spacial score (nSPS) is 29.2. The van der Waals surface area contributed by atoms with Crippen LogP contribution >= 0.6 is 0 Å². The Kier molecular flexibility index (Phi) is 5.28. The molecule has 3 nitrogen and oxygen atoms in total. The van der Waals surface area contributed by atoms with Gasteiger partial charge in [0.1, 0.15) is 0 Å². The molecule has 0 spiro atoms. The lowest BCUT2D eigenvalue weighted by Gasteiger charge is -2.39. The maximum Gasteiger partial charge on any atom is 0.0449 e. The first-order chi connectivity index (χ1) is 10.4. The van der Waals surface area contributed by atoms with Crippen LogP contribution in [0, 0.1) is 0 Å². The van der Waals surface area contributed by atoms with Crippen molar-refractivity contribution in [1.29, 1.82) is 0 Å². The third kappa shape index (κ3) is 3.85. The minimum atomic E-state index is 0.491. The van der Waals surface area contributed by atoms with Crippen molar-refractivity contribution in [1.82, 2.24) is 15.1 Å². The number of piperidine rings is 1. The van der Waals surface area contributed by atoms with Gasteiger partial charge < -0.3 is 10.2 Å². The fourth-order valence-corrected chi connectivity index (χ4v) is 3.81. The van der Waals surface area contributed by atoms with E-state index in [-0.39, 0.29) is 0 Å². The Morgan fingerprint density at radius 2 is 1.95 bits per heavy atom. The van der Waals surface area contributed by atoms with Gasteiger partial charge in [-0.05, 0) is 51.0 Å². The first kappa shape index (κ1) is 15.0. The van der Waals surface area contributed by atoms with Gasteiger partial charge in [-0.3, -0.25) is 4.90 Å². The summed E-state index contributed by atoms with van der Waals surface area (Å²) in [4.78, 5) is 5.36. The number of nitrogens with zero attached hydrogens (tertiary/aromatic N) is 2. The van der Waals surface area contributed by atoms with Crippen LogP contribution in [-0.4, -0.2) is 55.1 Å². The van der Waals surface area contributed by atoms with Crippen LogP contribution in [0.25, 0.3) is 0 Å². The molecule has 0 amide bonds. The third-order valence-electron chi connectivity index (χ3n) is 5.08. The van der Waals surface area contributed by atoms with E-state index in [0.717, 1.165) is 19.1 Å². The zero-order chi connectivity index (χ0) is 14.5. The molecule has 2 unspecified atom stereocenters. The Bertz CT molecular complexity index is 420. The van der Waals surface area contributed by atoms with Crippen molar-refractivity contribution >= 4 is 0 Å². The molecule has 0 aliphatic carbocycles. The molecule has 3 heteroatoms. The molecule has 0 bridgehead atoms. The van der Waals surface area contributed by atoms with Gasteiger partial charge in [0.05, 0.1) is 0 Å². The van der Waals surface area contributed by atoms with Crippen LogP contribution in [0.1, 0.15) is 37.8 Å². The minimum absolute atomic E-state index is 0.491. The van der Waals surface area contributed by atoms with Gasteiger partial charge in [0.25, 0.3) is 0 Å². The highest BCUT2D eigenvalue weighted by Gasteiger charge is 2.28. The highest BCUT2D eigenvalue weighted by Crippen LogP contribution is 2.22. The second kappa shape index (κ2) is 7.39. The van der Waals surface area contributed by atoms with Crippen molar-refractivity contribution in [2.24, 2.45) is 0 Å². The summed E-state index contributed by atoms with van der Waals surface area (Å²) < 4.78 is 0. The Hall–Kier alpha value is -0.900. The van der Waals surface area contributed by atoms with Gasteiger partial charge in [-0.15, -0.1) is 0 Å². The molecular formula is C18H29N3. The average molecular weight is 287 g/mol. The maximum absolute atomic E-state index is 3.74. The lowest BCUT2D eigenvalue weighted by molar-refractivity contribution is 0.0989. The Morgan fingerprint density at radius 3 is 2.76 bits per heavy atom. The van der Waals surface area contributed by atoms with Gasteiger partial charge in [0, 0.05) is 25.2 Å². The van der Waals surface area contributed by atoms with Crippen LogP contribution in [0.15, 0.2) is 30.3 Å². The molecule has 1 aromatic rings. The summed E-state index contributed by atoms with van der Waals surface area (Å²) in [7, 11) is 0. The quantitative estimate of drug-likeness (QED) is 0.921. The Labute approximate surface area is 129 Å². The SMILES string of the molecule is CCN1CCCC(N2CCCNC(c3ccccc3)C2)C1. The third-order valence-corrected chi connectivity index (χ3v) is 5.08. The molecule has 3 rings (SSSR count). The molecule has 0 aromatic heterocycles. The van der Waals surface area contributed by atoms with E-state index in [1.54, 1.807) is 0 Å². The highest BCUT2D eigenvalue weighted by molar-refractivity contribution is 5.19. The standard InChI is InChI=1S/C18H29N3/c1-2-20-12-6-10-17(14-20)21-13-7-11-19-18(15-21)16-8-4-3-5-9-16/h3-5,8-9,17-19H,2,6-7,10-15H2,1H3. The van der Waals surface area contributed by atoms with E-state index in [0.29, 0.717) is 6.04 Å². The number of hydrogen-bond donors (Lipinski definition) is 1. The van der Waals surface area contributed by atoms with Crippen LogP contribution in [0.4, 0.5) is 0 Å². The van der Waals surface area contributed by atoms with E-state index >= 15 is 0 Å². The fourth-order valence-electron chi connectivity index (χ4n) is 3.81. The zero-order valence-corrected chi connectivity index (χ0v) is 13.3. The van der Waals surface area contributed by atoms with Crippen LogP contribution < -0.4 is 5.32 Å². The van der Waals surface area contributed by atoms with Crippen molar-refractivity contribution in [2.75, 3.05) is 39.3 Å². The van der Waals surface area contributed by atoms with Gasteiger partial charge >= 0.3 is 0 Å². The van der Waals surface area contributed by atoms with Gasteiger partial charge in [-0.25, -0.2) is 0 Å². The first-order valence-corrected chi connectivity index (χ1v) is 8.61. The average Bonchev–Trinajstić information content (AvgIpc) is 2.82. The second-order valence-corrected chi connectivity index (χ2v) is 6.46. The molecule has 0 saturated carbocycles. The van der Waals surface area contributed by atoms with Crippen LogP contribution in [-0.2, 0) is 0 Å². The highest BCUT2D eigenvalue weighted by atomic mass is 15.2. The van der Waals surface area contributed by atoms with Gasteiger partial charge in [-0.1, -0.05) is 37.3 Å². The predicted octanol–water partition coefficient (Wildman–Crippen LogP) is 2.51. The smallest absolute Gasteiger partial charge is 0.0449 e. The Balaban J connectivity index is 1.67. The molecule has 2 heterocycles. The van der Waals surface area contributed by atoms with Crippen LogP contribution in [0.2, 0.25) is 0 Å². The largest absolute Gasteiger partial charge is 0.309 e. The van der Waals surface area contributed by atoms with Gasteiger partial charge in [0.15, 0.2) is 0 Å². The van der Waals surface area contributed by atoms with E-state index in [2.05, 4.69) is 52.4 Å². The number of nitrogens with one attached hydrogen (secondary N) is 1. The second-order valence-electron chi connectivity index (χ2n) is 6.46. The summed E-state index contributed by atoms with van der Waals surface area (Å²) in [5.74, 6) is 0. The molecule has 2 aliphatic heterocycles. The minimum Gasteiger partial charge on any atom is -0.309 e. The summed E-state index contributed by atoms with van der Waals surface area (Å²) in [6.45, 7) is 9.59. The maximum atomic E-state index is 3.74. The summed E-state index contributed by atoms with van der Waals surface area (Å²) in [6.07, 6.45) is 4.00. The van der Waals surface area contributed by atoms with E-state index in [1.807, 2.05) is 0 Å². The van der Waals surface area contributed by atoms with Crippen molar-refractivity contribution in [3.05, 3.63) is 35.9 Å². The molecule has 21 heavy (non-hydrogen) atoms. The number of likely N-dealkylation sites (N-methyl/N-ethyl adjacent to an activating group) is 1. The molecule has 0 radical (unpaired) electrons. The number of likely N-dealkylation sites (tertiary alicyclic amines) is 1. The van der Waals surface area contributed by atoms with E-state index < -0.39 is 0 Å². The fraction of sp³-hybridized carbons (Fsp3) is 0.667. The van der Waals surface area contributed by atoms with E-state index in [9.17, 15) is 0 Å². The van der Waals surface area contributed by atoms with Gasteiger partial charge in [0.2, 0.25) is 0 Å². The molecule has 1 aromatic carbocycles. The number of benzene rings is 1. The molecule has 116 valence electrons. The Morgan fingerprint density at radius 1 is 1.10 bits per heavy atom. The van der Waals surface area contributed by atoms with Crippen molar-refractivity contribution in [3.8, 4) is 0 Å². The van der Waals surface area contributed by atoms with Crippen molar-refractivity contribution in [3.63, 3.8) is 0 Å². The molecule has 2 aliphatic rings. The van der Waals surface area contributed by atoms with E-state index in [4.69, 9.17) is 0 Å². The van der Waals surface area contributed by atoms with E-state index in [1.165, 1.54) is 51.0 Å². The predicted molar refractivity (Wildman–Crippen MR) is 88.5 cm³/mol. The summed E-state index contributed by atoms with van der Waals surface area (Å²) in [5, 5.41) is 3.74. The lowest BCUT2D eigenvalue weighted by atomic mass is 10.0. The molecule has 2 fully saturated rings. The van der Waals surface area contributed by atoms with Gasteiger partial charge in [-0.2, -0.15) is 0 Å². The van der Waals surface area contributed by atoms with Crippen molar-refractivity contribution < 1.29 is 0 Å². The lowest BCUT2D eigenvalue weighted by Crippen LogP contribution is -2.49. The molecular weight excluding hydrogens is 258 g/mol. The van der Waals surface area contributed by atoms with Crippen LogP contribution in [0.3, 0.4) is 0 Å².